The van der Waals surface area contributed by atoms with Gasteiger partial charge < -0.3 is 5.32 Å². The number of hydrogen-bond donors (Lipinski definition) is 1. The van der Waals surface area contributed by atoms with Crippen LogP contribution < -0.4 is 5.32 Å². The third-order valence-electron chi connectivity index (χ3n) is 2.07. The standard InChI is InChI=1S/C12H8Cl2N2O/c13-8-4-1-2-5-9(8)16-12(17)10-6-3-7-11(14)15-10/h1-7H,(H,16,17). The van der Waals surface area contributed by atoms with E-state index in [-0.39, 0.29) is 16.8 Å². The summed E-state index contributed by atoms with van der Waals surface area (Å²) in [6.45, 7) is 0. The molecule has 1 heterocycles. The minimum Gasteiger partial charge on any atom is -0.319 e. The van der Waals surface area contributed by atoms with Crippen molar-refractivity contribution in [2.75, 3.05) is 5.32 Å². The van der Waals surface area contributed by atoms with E-state index in [1.165, 1.54) is 0 Å². The highest BCUT2D eigenvalue weighted by Crippen LogP contribution is 2.21. The Bertz CT molecular complexity index is 558. The number of para-hydroxylation sites is 1. The van der Waals surface area contributed by atoms with Gasteiger partial charge in [-0.15, -0.1) is 0 Å². The number of benzene rings is 1. The van der Waals surface area contributed by atoms with Crippen LogP contribution in [0.25, 0.3) is 0 Å². The zero-order valence-corrected chi connectivity index (χ0v) is 10.2. The summed E-state index contributed by atoms with van der Waals surface area (Å²) in [6.07, 6.45) is 0. The Labute approximate surface area is 108 Å². The molecule has 1 aromatic carbocycles. The van der Waals surface area contributed by atoms with E-state index in [4.69, 9.17) is 23.2 Å². The van der Waals surface area contributed by atoms with Gasteiger partial charge in [0, 0.05) is 0 Å². The lowest BCUT2D eigenvalue weighted by atomic mass is 10.3. The second-order valence-electron chi connectivity index (χ2n) is 3.28. The zero-order chi connectivity index (χ0) is 12.3. The fourth-order valence-electron chi connectivity index (χ4n) is 1.28. The molecule has 1 amide bonds. The number of aromatic nitrogens is 1. The predicted molar refractivity (Wildman–Crippen MR) is 68.7 cm³/mol. The van der Waals surface area contributed by atoms with Gasteiger partial charge in [0.05, 0.1) is 10.7 Å². The van der Waals surface area contributed by atoms with Crippen LogP contribution in [0.3, 0.4) is 0 Å². The Balaban J connectivity index is 2.20. The van der Waals surface area contributed by atoms with Crippen LogP contribution in [0.2, 0.25) is 10.2 Å². The van der Waals surface area contributed by atoms with Crippen LogP contribution in [0.4, 0.5) is 5.69 Å². The highest BCUT2D eigenvalue weighted by molar-refractivity contribution is 6.34. The van der Waals surface area contributed by atoms with E-state index in [9.17, 15) is 4.79 Å². The fraction of sp³-hybridized carbons (Fsp3) is 0. The van der Waals surface area contributed by atoms with E-state index in [0.717, 1.165) is 0 Å². The number of carbonyl (C=O) groups excluding carboxylic acids is 1. The molecule has 0 fully saturated rings. The molecule has 0 saturated carbocycles. The monoisotopic (exact) mass is 266 g/mol. The molecule has 2 rings (SSSR count). The van der Waals surface area contributed by atoms with E-state index in [2.05, 4.69) is 10.3 Å². The average molecular weight is 267 g/mol. The van der Waals surface area contributed by atoms with Crippen LogP contribution in [-0.4, -0.2) is 10.9 Å². The Kier molecular flexibility index (Phi) is 3.61. The molecule has 1 aromatic heterocycles. The van der Waals surface area contributed by atoms with Crippen molar-refractivity contribution in [3.05, 3.63) is 58.3 Å². The summed E-state index contributed by atoms with van der Waals surface area (Å²) in [6, 6.07) is 11.8. The zero-order valence-electron chi connectivity index (χ0n) is 8.65. The van der Waals surface area contributed by atoms with Crippen molar-refractivity contribution < 1.29 is 4.79 Å². The lowest BCUT2D eigenvalue weighted by Gasteiger charge is -2.06. The van der Waals surface area contributed by atoms with E-state index in [1.54, 1.807) is 42.5 Å². The second kappa shape index (κ2) is 5.17. The molecule has 5 heteroatoms. The fourth-order valence-corrected chi connectivity index (χ4v) is 1.63. The van der Waals surface area contributed by atoms with Crippen LogP contribution in [-0.2, 0) is 0 Å². The van der Waals surface area contributed by atoms with Gasteiger partial charge in [-0.3, -0.25) is 4.79 Å². The molecule has 0 saturated heterocycles. The smallest absolute Gasteiger partial charge is 0.274 e. The number of nitrogens with one attached hydrogen (secondary N) is 1. The van der Waals surface area contributed by atoms with Gasteiger partial charge in [0.25, 0.3) is 5.91 Å². The molecular weight excluding hydrogens is 259 g/mol. The lowest BCUT2D eigenvalue weighted by molar-refractivity contribution is 0.102. The van der Waals surface area contributed by atoms with Crippen molar-refractivity contribution >= 4 is 34.8 Å². The Morgan fingerprint density at radius 2 is 1.82 bits per heavy atom. The average Bonchev–Trinajstić information content (AvgIpc) is 2.32. The number of carbonyl (C=O) groups is 1. The van der Waals surface area contributed by atoms with Gasteiger partial charge in [-0.25, -0.2) is 4.98 Å². The number of anilines is 1. The molecule has 1 N–H and O–H groups in total. The van der Waals surface area contributed by atoms with E-state index in [0.29, 0.717) is 10.7 Å². The molecule has 86 valence electrons. The van der Waals surface area contributed by atoms with Crippen molar-refractivity contribution in [1.82, 2.24) is 4.98 Å². The second-order valence-corrected chi connectivity index (χ2v) is 4.07. The number of hydrogen-bond acceptors (Lipinski definition) is 2. The molecule has 17 heavy (non-hydrogen) atoms. The molecular formula is C12H8Cl2N2O. The van der Waals surface area contributed by atoms with Crippen LogP contribution in [0.5, 0.6) is 0 Å². The van der Waals surface area contributed by atoms with Crippen LogP contribution >= 0.6 is 23.2 Å². The van der Waals surface area contributed by atoms with Gasteiger partial charge in [0.1, 0.15) is 10.8 Å². The maximum absolute atomic E-state index is 11.8. The predicted octanol–water partition coefficient (Wildman–Crippen LogP) is 3.64. The summed E-state index contributed by atoms with van der Waals surface area (Å²) in [5.74, 6) is -0.347. The summed E-state index contributed by atoms with van der Waals surface area (Å²) in [5.41, 5.74) is 0.790. The number of nitrogens with zero attached hydrogens (tertiary/aromatic N) is 1. The SMILES string of the molecule is O=C(Nc1ccccc1Cl)c1cccc(Cl)n1. The Morgan fingerprint density at radius 1 is 1.06 bits per heavy atom. The molecule has 0 aliphatic heterocycles. The maximum Gasteiger partial charge on any atom is 0.274 e. The molecule has 2 aromatic rings. The van der Waals surface area contributed by atoms with Gasteiger partial charge in [0.15, 0.2) is 0 Å². The van der Waals surface area contributed by atoms with Gasteiger partial charge in [-0.2, -0.15) is 0 Å². The van der Waals surface area contributed by atoms with Crippen LogP contribution in [0, 0.1) is 0 Å². The maximum atomic E-state index is 11.8. The van der Waals surface area contributed by atoms with Crippen molar-refractivity contribution in [1.29, 1.82) is 0 Å². The topological polar surface area (TPSA) is 42.0 Å². The quantitative estimate of drug-likeness (QED) is 0.844. The normalized spacial score (nSPS) is 10.0. The number of amides is 1. The summed E-state index contributed by atoms with van der Waals surface area (Å²) in [4.78, 5) is 15.7. The van der Waals surface area contributed by atoms with Crippen molar-refractivity contribution in [2.24, 2.45) is 0 Å². The lowest BCUT2D eigenvalue weighted by Crippen LogP contribution is -2.13. The van der Waals surface area contributed by atoms with Crippen LogP contribution in [0.15, 0.2) is 42.5 Å². The molecule has 0 aliphatic rings. The molecule has 0 aliphatic carbocycles. The molecule has 0 spiro atoms. The minimum absolute atomic E-state index is 0.248. The Hall–Kier alpha value is -1.58. The summed E-state index contributed by atoms with van der Waals surface area (Å²) in [7, 11) is 0. The largest absolute Gasteiger partial charge is 0.319 e. The highest BCUT2D eigenvalue weighted by Gasteiger charge is 2.09. The van der Waals surface area contributed by atoms with E-state index in [1.807, 2.05) is 0 Å². The Morgan fingerprint density at radius 3 is 2.53 bits per heavy atom. The first kappa shape index (κ1) is 11.9. The first-order valence-corrected chi connectivity index (χ1v) is 5.61. The van der Waals surface area contributed by atoms with Gasteiger partial charge >= 0.3 is 0 Å². The first-order valence-electron chi connectivity index (χ1n) is 4.85. The first-order chi connectivity index (χ1) is 8.16. The number of rotatable bonds is 2. The third-order valence-corrected chi connectivity index (χ3v) is 2.61. The summed E-state index contributed by atoms with van der Waals surface area (Å²) >= 11 is 11.6. The summed E-state index contributed by atoms with van der Waals surface area (Å²) < 4.78 is 0. The molecule has 0 bridgehead atoms. The van der Waals surface area contributed by atoms with E-state index < -0.39 is 0 Å². The molecule has 0 unspecified atom stereocenters. The minimum atomic E-state index is -0.347. The number of halogens is 2. The van der Waals surface area contributed by atoms with Gasteiger partial charge in [-0.05, 0) is 24.3 Å². The highest BCUT2D eigenvalue weighted by atomic mass is 35.5. The van der Waals surface area contributed by atoms with Gasteiger partial charge in [-0.1, -0.05) is 41.4 Å². The van der Waals surface area contributed by atoms with Crippen molar-refractivity contribution in [3.63, 3.8) is 0 Å². The molecule has 0 radical (unpaired) electrons. The summed E-state index contributed by atoms with van der Waals surface area (Å²) in [5, 5.41) is 3.41. The van der Waals surface area contributed by atoms with Gasteiger partial charge in [0.2, 0.25) is 0 Å². The molecule has 0 atom stereocenters. The number of pyridine rings is 1. The molecule has 3 nitrogen and oxygen atoms in total. The van der Waals surface area contributed by atoms with Crippen molar-refractivity contribution in [3.8, 4) is 0 Å². The van der Waals surface area contributed by atoms with Crippen molar-refractivity contribution in [2.45, 2.75) is 0 Å². The van der Waals surface area contributed by atoms with Crippen LogP contribution in [0.1, 0.15) is 10.5 Å². The third kappa shape index (κ3) is 2.96. The van der Waals surface area contributed by atoms with E-state index >= 15 is 0 Å².